The van der Waals surface area contributed by atoms with E-state index in [1.807, 2.05) is 31.2 Å². The molecule has 1 unspecified atom stereocenters. The maximum absolute atomic E-state index is 12.7. The molecule has 1 N–H and O–H groups in total. The maximum Gasteiger partial charge on any atom is 0.233 e. The van der Waals surface area contributed by atoms with E-state index in [1.165, 1.54) is 0 Å². The quantitative estimate of drug-likeness (QED) is 0.887. The normalized spacial score (nSPS) is 15.0. The Morgan fingerprint density at radius 3 is 2.57 bits per heavy atom. The Hall–Kier alpha value is -2.43. The summed E-state index contributed by atoms with van der Waals surface area (Å²) in [5, 5.41) is 2.97. The van der Waals surface area contributed by atoms with E-state index in [1.54, 1.807) is 19.5 Å². The van der Waals surface area contributed by atoms with Crippen LogP contribution in [0.2, 0.25) is 0 Å². The van der Waals surface area contributed by atoms with Crippen molar-refractivity contribution in [3.05, 3.63) is 47.9 Å². The highest BCUT2D eigenvalue weighted by atomic mass is 16.5. The second-order valence-corrected chi connectivity index (χ2v) is 5.79. The number of methoxy groups -OCH3 is 1. The molecule has 0 spiro atoms. The third-order valence-corrected chi connectivity index (χ3v) is 4.18. The van der Waals surface area contributed by atoms with Crippen LogP contribution in [0.15, 0.2) is 36.7 Å². The first-order valence-corrected chi connectivity index (χ1v) is 7.98. The summed E-state index contributed by atoms with van der Waals surface area (Å²) in [6.07, 6.45) is 6.27. The predicted molar refractivity (Wildman–Crippen MR) is 88.7 cm³/mol. The number of rotatable bonds is 6. The van der Waals surface area contributed by atoms with Crippen LogP contribution in [0.4, 0.5) is 5.82 Å². The van der Waals surface area contributed by atoms with Gasteiger partial charge < -0.3 is 10.1 Å². The van der Waals surface area contributed by atoms with Crippen molar-refractivity contribution in [3.63, 3.8) is 0 Å². The fourth-order valence-electron chi connectivity index (χ4n) is 2.71. The highest BCUT2D eigenvalue weighted by molar-refractivity contribution is 5.95. The van der Waals surface area contributed by atoms with E-state index in [-0.39, 0.29) is 11.8 Å². The van der Waals surface area contributed by atoms with E-state index >= 15 is 0 Å². The van der Waals surface area contributed by atoms with Gasteiger partial charge in [0.1, 0.15) is 5.75 Å². The third kappa shape index (κ3) is 3.50. The number of hydrogen-bond donors (Lipinski definition) is 1. The number of nitrogens with zero attached hydrogens (tertiary/aromatic N) is 2. The average molecular weight is 311 g/mol. The summed E-state index contributed by atoms with van der Waals surface area (Å²) in [5.74, 6) is 1.58. The van der Waals surface area contributed by atoms with Crippen LogP contribution in [0, 0.1) is 0 Å². The summed E-state index contributed by atoms with van der Waals surface area (Å²) in [5.41, 5.74) is 1.88. The number of benzene rings is 1. The van der Waals surface area contributed by atoms with Crippen molar-refractivity contribution in [1.29, 1.82) is 0 Å². The molecular weight excluding hydrogens is 290 g/mol. The number of amides is 1. The Bertz CT molecular complexity index is 681. The molecule has 1 aromatic heterocycles. The molecule has 0 radical (unpaired) electrons. The minimum absolute atomic E-state index is 0.0416. The zero-order chi connectivity index (χ0) is 16.2. The molecule has 3 rings (SSSR count). The van der Waals surface area contributed by atoms with Crippen molar-refractivity contribution in [2.24, 2.45) is 0 Å². The minimum atomic E-state index is -0.213. The van der Waals surface area contributed by atoms with E-state index in [9.17, 15) is 4.79 Å². The summed E-state index contributed by atoms with van der Waals surface area (Å²) in [6, 6.07) is 7.63. The summed E-state index contributed by atoms with van der Waals surface area (Å²) in [6.45, 7) is 2.01. The zero-order valence-electron chi connectivity index (χ0n) is 13.5. The Morgan fingerprint density at radius 2 is 1.96 bits per heavy atom. The van der Waals surface area contributed by atoms with Crippen molar-refractivity contribution in [2.75, 3.05) is 12.4 Å². The van der Waals surface area contributed by atoms with Crippen LogP contribution in [-0.4, -0.2) is 23.0 Å². The van der Waals surface area contributed by atoms with E-state index in [0.29, 0.717) is 11.7 Å². The molecule has 5 heteroatoms. The smallest absolute Gasteiger partial charge is 0.233 e. The number of nitrogens with one attached hydrogen (secondary N) is 1. The van der Waals surface area contributed by atoms with Gasteiger partial charge in [-0.15, -0.1) is 0 Å². The molecule has 0 saturated heterocycles. The second kappa shape index (κ2) is 6.77. The number of ether oxygens (including phenoxy) is 1. The van der Waals surface area contributed by atoms with Gasteiger partial charge in [0.05, 0.1) is 18.7 Å². The molecule has 1 heterocycles. The molecule has 1 atom stereocenters. The molecular formula is C18H21N3O2. The first-order chi connectivity index (χ1) is 11.2. The molecule has 0 bridgehead atoms. The van der Waals surface area contributed by atoms with Gasteiger partial charge >= 0.3 is 0 Å². The lowest BCUT2D eigenvalue weighted by molar-refractivity contribution is -0.117. The van der Waals surface area contributed by atoms with E-state index in [4.69, 9.17) is 4.74 Å². The molecule has 5 nitrogen and oxygen atoms in total. The van der Waals surface area contributed by atoms with E-state index in [0.717, 1.165) is 36.3 Å². The number of hydrogen-bond acceptors (Lipinski definition) is 4. The number of carbonyl (C=O) groups excluding carboxylic acids is 1. The highest BCUT2D eigenvalue weighted by Gasteiger charge is 2.29. The van der Waals surface area contributed by atoms with Crippen LogP contribution in [0.25, 0.3) is 0 Å². The predicted octanol–water partition coefficient (Wildman–Crippen LogP) is 3.49. The Morgan fingerprint density at radius 1 is 1.26 bits per heavy atom. The molecule has 1 fully saturated rings. The van der Waals surface area contributed by atoms with Gasteiger partial charge in [0.15, 0.2) is 5.82 Å². The molecule has 1 amide bonds. The van der Waals surface area contributed by atoms with Gasteiger partial charge in [-0.1, -0.05) is 19.1 Å². The van der Waals surface area contributed by atoms with E-state index < -0.39 is 0 Å². The molecule has 2 aromatic rings. The summed E-state index contributed by atoms with van der Waals surface area (Å²) in [4.78, 5) is 21.4. The maximum atomic E-state index is 12.7. The van der Waals surface area contributed by atoms with Crippen molar-refractivity contribution >= 4 is 11.7 Å². The summed E-state index contributed by atoms with van der Waals surface area (Å²) < 4.78 is 5.17. The lowest BCUT2D eigenvalue weighted by atomic mass is 9.95. The van der Waals surface area contributed by atoms with Gasteiger partial charge in [0, 0.05) is 18.3 Å². The third-order valence-electron chi connectivity index (χ3n) is 4.18. The lowest BCUT2D eigenvalue weighted by Crippen LogP contribution is -2.22. The molecule has 0 aliphatic heterocycles. The van der Waals surface area contributed by atoms with Crippen LogP contribution < -0.4 is 10.1 Å². The second-order valence-electron chi connectivity index (χ2n) is 5.79. The van der Waals surface area contributed by atoms with Gasteiger partial charge in [0.25, 0.3) is 0 Å². The Balaban J connectivity index is 1.77. The van der Waals surface area contributed by atoms with Crippen LogP contribution >= 0.6 is 0 Å². The monoisotopic (exact) mass is 311 g/mol. The summed E-state index contributed by atoms with van der Waals surface area (Å²) in [7, 11) is 1.63. The first kappa shape index (κ1) is 15.5. The molecule has 23 heavy (non-hydrogen) atoms. The van der Waals surface area contributed by atoms with Crippen LogP contribution in [0.1, 0.15) is 49.3 Å². The van der Waals surface area contributed by atoms with Gasteiger partial charge in [-0.25, -0.2) is 4.98 Å². The average Bonchev–Trinajstić information content (AvgIpc) is 3.41. The number of aromatic nitrogens is 2. The minimum Gasteiger partial charge on any atom is -0.497 e. The lowest BCUT2D eigenvalue weighted by Gasteiger charge is -2.16. The van der Waals surface area contributed by atoms with Crippen LogP contribution in [0.3, 0.4) is 0 Å². The van der Waals surface area contributed by atoms with Crippen LogP contribution in [-0.2, 0) is 4.79 Å². The number of carbonyl (C=O) groups is 1. The largest absolute Gasteiger partial charge is 0.497 e. The fraction of sp³-hybridized carbons (Fsp3) is 0.389. The standard InChI is InChI=1S/C18H21N3O2/c1-3-15(12-6-8-14(23-2)9-7-12)18(22)21-17-16(13-4-5-13)19-10-11-20-17/h6-11,13,15H,3-5H2,1-2H3,(H,20,21,22). The number of anilines is 1. The SMILES string of the molecule is CCC(C(=O)Nc1nccnc1C1CC1)c1ccc(OC)cc1. The van der Waals surface area contributed by atoms with Gasteiger partial charge in [-0.05, 0) is 37.0 Å². The fourth-order valence-corrected chi connectivity index (χ4v) is 2.71. The van der Waals surface area contributed by atoms with E-state index in [2.05, 4.69) is 15.3 Å². The van der Waals surface area contributed by atoms with Crippen molar-refractivity contribution in [1.82, 2.24) is 9.97 Å². The zero-order valence-corrected chi connectivity index (χ0v) is 13.5. The van der Waals surface area contributed by atoms with Gasteiger partial charge in [0.2, 0.25) is 5.91 Å². The van der Waals surface area contributed by atoms with Crippen molar-refractivity contribution in [3.8, 4) is 5.75 Å². The van der Waals surface area contributed by atoms with Crippen LogP contribution in [0.5, 0.6) is 5.75 Å². The highest BCUT2D eigenvalue weighted by Crippen LogP contribution is 2.41. The van der Waals surface area contributed by atoms with Crippen molar-refractivity contribution < 1.29 is 9.53 Å². The molecule has 1 aromatic carbocycles. The van der Waals surface area contributed by atoms with Crippen molar-refractivity contribution in [2.45, 2.75) is 38.0 Å². The molecule has 1 aliphatic carbocycles. The van der Waals surface area contributed by atoms with Gasteiger partial charge in [-0.2, -0.15) is 0 Å². The molecule has 1 aliphatic rings. The Labute approximate surface area is 136 Å². The molecule has 1 saturated carbocycles. The topological polar surface area (TPSA) is 64.1 Å². The first-order valence-electron chi connectivity index (χ1n) is 7.98. The summed E-state index contributed by atoms with van der Waals surface area (Å²) >= 11 is 0. The van der Waals surface area contributed by atoms with Gasteiger partial charge in [-0.3, -0.25) is 9.78 Å². The Kier molecular flexibility index (Phi) is 4.55. The molecule has 120 valence electrons.